The highest BCUT2D eigenvalue weighted by Crippen LogP contribution is 2.55. The summed E-state index contributed by atoms with van der Waals surface area (Å²) in [6, 6.07) is 4.12. The zero-order chi connectivity index (χ0) is 18.9. The molecule has 7 nitrogen and oxygen atoms in total. The average Bonchev–Trinajstić information content (AvgIpc) is 3.22. The van der Waals surface area contributed by atoms with Gasteiger partial charge in [-0.25, -0.2) is 24.0 Å². The SMILES string of the molecule is CCOC(=O)N1[C@H]2C(=C[C@@H]3c4ccc(F)cc4N[C@@H]32)[C@@]2(C)CCOC(=O)N12. The second-order valence-electron chi connectivity index (χ2n) is 7.49. The number of hydrogen-bond donors (Lipinski definition) is 1. The van der Waals surface area contributed by atoms with Crippen molar-refractivity contribution in [1.29, 1.82) is 0 Å². The first-order valence-electron chi connectivity index (χ1n) is 9.17. The Hall–Kier alpha value is -2.77. The first-order valence-corrected chi connectivity index (χ1v) is 9.17. The normalized spacial score (nSPS) is 32.8. The Morgan fingerprint density at radius 3 is 3.07 bits per heavy atom. The summed E-state index contributed by atoms with van der Waals surface area (Å²) in [6.45, 7) is 4.19. The predicted octanol–water partition coefficient (Wildman–Crippen LogP) is 3.00. The minimum atomic E-state index is -0.640. The van der Waals surface area contributed by atoms with Gasteiger partial charge >= 0.3 is 12.2 Å². The Morgan fingerprint density at radius 2 is 2.30 bits per heavy atom. The Balaban J connectivity index is 1.62. The highest BCUT2D eigenvalue weighted by Gasteiger charge is 2.64. The topological polar surface area (TPSA) is 71.1 Å². The Bertz CT molecular complexity index is 888. The van der Waals surface area contributed by atoms with E-state index in [1.54, 1.807) is 13.0 Å². The molecule has 2 saturated heterocycles. The molecule has 8 heteroatoms. The molecule has 0 bridgehead atoms. The molecule has 0 unspecified atom stereocenters. The van der Waals surface area contributed by atoms with Crippen LogP contribution in [0.2, 0.25) is 0 Å². The molecule has 1 aromatic carbocycles. The van der Waals surface area contributed by atoms with E-state index >= 15 is 0 Å². The molecule has 5 rings (SSSR count). The summed E-state index contributed by atoms with van der Waals surface area (Å²) in [4.78, 5) is 25.3. The molecule has 142 valence electrons. The first-order chi connectivity index (χ1) is 13.0. The molecule has 3 aliphatic heterocycles. The number of hydrazine groups is 1. The van der Waals surface area contributed by atoms with Gasteiger partial charge in [0.15, 0.2) is 0 Å². The second-order valence-corrected chi connectivity index (χ2v) is 7.49. The lowest BCUT2D eigenvalue weighted by Crippen LogP contribution is -2.59. The van der Waals surface area contributed by atoms with E-state index in [4.69, 9.17) is 9.47 Å². The van der Waals surface area contributed by atoms with Gasteiger partial charge in [0.05, 0.1) is 24.8 Å². The third-order valence-electron chi connectivity index (χ3n) is 6.11. The monoisotopic (exact) mass is 373 g/mol. The fourth-order valence-corrected chi connectivity index (χ4v) is 4.95. The van der Waals surface area contributed by atoms with Crippen LogP contribution in [0.1, 0.15) is 31.7 Å². The van der Waals surface area contributed by atoms with Crippen molar-refractivity contribution in [1.82, 2.24) is 10.0 Å². The largest absolute Gasteiger partial charge is 0.448 e. The zero-order valence-corrected chi connectivity index (χ0v) is 15.1. The molecule has 2 fully saturated rings. The molecule has 1 N–H and O–H groups in total. The maximum absolute atomic E-state index is 13.7. The van der Waals surface area contributed by atoms with E-state index in [1.807, 2.05) is 6.92 Å². The number of fused-ring (bicyclic) bond motifs is 7. The quantitative estimate of drug-likeness (QED) is 0.767. The Kier molecular flexibility index (Phi) is 3.26. The molecular formula is C19H20FN3O4. The molecule has 0 saturated carbocycles. The average molecular weight is 373 g/mol. The van der Waals surface area contributed by atoms with E-state index in [1.165, 1.54) is 22.2 Å². The van der Waals surface area contributed by atoms with Crippen molar-refractivity contribution in [3.05, 3.63) is 41.2 Å². The van der Waals surface area contributed by atoms with Crippen LogP contribution in [0, 0.1) is 5.82 Å². The van der Waals surface area contributed by atoms with Gasteiger partial charge in [-0.1, -0.05) is 12.1 Å². The maximum atomic E-state index is 13.7. The summed E-state index contributed by atoms with van der Waals surface area (Å²) < 4.78 is 24.1. The van der Waals surface area contributed by atoms with Crippen LogP contribution >= 0.6 is 0 Å². The summed E-state index contributed by atoms with van der Waals surface area (Å²) in [6.07, 6.45) is 1.58. The van der Waals surface area contributed by atoms with Crippen molar-refractivity contribution < 1.29 is 23.5 Å². The van der Waals surface area contributed by atoms with Crippen molar-refractivity contribution >= 4 is 17.9 Å². The van der Waals surface area contributed by atoms with Crippen molar-refractivity contribution in [3.8, 4) is 0 Å². The molecule has 4 atom stereocenters. The van der Waals surface area contributed by atoms with Crippen molar-refractivity contribution in [2.75, 3.05) is 18.5 Å². The third kappa shape index (κ3) is 2.01. The summed E-state index contributed by atoms with van der Waals surface area (Å²) >= 11 is 0. The minimum absolute atomic E-state index is 0.00875. The van der Waals surface area contributed by atoms with Crippen LogP contribution in [0.3, 0.4) is 0 Å². The first kappa shape index (κ1) is 16.4. The number of carbonyl (C=O) groups is 2. The molecule has 27 heavy (non-hydrogen) atoms. The van der Waals surface area contributed by atoms with Gasteiger partial charge in [-0.15, -0.1) is 0 Å². The van der Waals surface area contributed by atoms with E-state index in [0.29, 0.717) is 13.0 Å². The molecule has 0 spiro atoms. The number of halogens is 1. The molecule has 0 radical (unpaired) electrons. The number of hydrogen-bond acceptors (Lipinski definition) is 5. The number of benzene rings is 1. The van der Waals surface area contributed by atoms with Crippen LogP contribution in [0.5, 0.6) is 0 Å². The van der Waals surface area contributed by atoms with E-state index in [9.17, 15) is 14.0 Å². The molecular weight excluding hydrogens is 353 g/mol. The number of rotatable bonds is 1. The Morgan fingerprint density at radius 1 is 1.48 bits per heavy atom. The lowest BCUT2D eigenvalue weighted by Gasteiger charge is -2.41. The van der Waals surface area contributed by atoms with Crippen LogP contribution in [0.4, 0.5) is 19.7 Å². The fraction of sp³-hybridized carbons (Fsp3) is 0.474. The summed E-state index contributed by atoms with van der Waals surface area (Å²) in [7, 11) is 0. The number of nitrogens with zero attached hydrogens (tertiary/aromatic N) is 2. The predicted molar refractivity (Wildman–Crippen MR) is 93.5 cm³/mol. The van der Waals surface area contributed by atoms with Crippen molar-refractivity contribution in [3.63, 3.8) is 0 Å². The van der Waals surface area contributed by atoms with Crippen molar-refractivity contribution in [2.45, 2.75) is 43.8 Å². The number of ether oxygens (including phenoxy) is 2. The van der Waals surface area contributed by atoms with Gasteiger partial charge in [0.2, 0.25) is 0 Å². The van der Waals surface area contributed by atoms with Gasteiger partial charge in [-0.3, -0.25) is 0 Å². The smallest absolute Gasteiger partial charge is 0.429 e. The van der Waals surface area contributed by atoms with Crippen LogP contribution in [0.15, 0.2) is 29.8 Å². The standard InChI is InChI=1S/C19H20FN3O4/c1-3-26-17(24)22-16-13(19(2)6-7-27-18(25)23(19)22)9-12-11-5-4-10(20)8-14(11)21-15(12)16/h4-5,8-9,12,15-16,21H,3,6-7H2,1-2H3/t12-,15+,16+,19-/m1/s1. The summed E-state index contributed by atoms with van der Waals surface area (Å²) in [5.74, 6) is -0.304. The summed E-state index contributed by atoms with van der Waals surface area (Å²) in [5, 5.41) is 6.14. The number of amides is 2. The van der Waals surface area contributed by atoms with E-state index in [2.05, 4.69) is 11.4 Å². The number of carbonyl (C=O) groups excluding carboxylic acids is 2. The molecule has 1 aromatic rings. The van der Waals surface area contributed by atoms with Crippen LogP contribution in [-0.4, -0.2) is 53.0 Å². The molecule has 3 heterocycles. The van der Waals surface area contributed by atoms with Gasteiger partial charge < -0.3 is 14.8 Å². The van der Waals surface area contributed by atoms with Gasteiger partial charge in [0.25, 0.3) is 0 Å². The van der Waals surface area contributed by atoms with Gasteiger partial charge in [0.1, 0.15) is 11.9 Å². The molecule has 1 aliphatic carbocycles. The summed E-state index contributed by atoms with van der Waals surface area (Å²) in [5.41, 5.74) is 2.09. The van der Waals surface area contributed by atoms with Crippen molar-refractivity contribution in [2.24, 2.45) is 0 Å². The molecule has 2 amide bonds. The second kappa shape index (κ2) is 5.37. The molecule has 4 aliphatic rings. The van der Waals surface area contributed by atoms with Gasteiger partial charge in [0, 0.05) is 18.0 Å². The number of cyclic esters (lactones) is 1. The van der Waals surface area contributed by atoms with E-state index < -0.39 is 17.7 Å². The van der Waals surface area contributed by atoms with E-state index in [-0.39, 0.29) is 30.4 Å². The van der Waals surface area contributed by atoms with Gasteiger partial charge in [-0.05, 0) is 37.1 Å². The lowest BCUT2D eigenvalue weighted by atomic mass is 9.86. The third-order valence-corrected chi connectivity index (χ3v) is 6.11. The maximum Gasteiger partial charge on any atom is 0.429 e. The highest BCUT2D eigenvalue weighted by atomic mass is 19.1. The number of nitrogens with one attached hydrogen (secondary N) is 1. The van der Waals surface area contributed by atoms with Crippen LogP contribution < -0.4 is 5.32 Å². The van der Waals surface area contributed by atoms with Crippen LogP contribution in [0.25, 0.3) is 0 Å². The Labute approximate surface area is 155 Å². The van der Waals surface area contributed by atoms with E-state index in [0.717, 1.165) is 16.8 Å². The fourth-order valence-electron chi connectivity index (χ4n) is 4.95. The van der Waals surface area contributed by atoms with Crippen LogP contribution in [-0.2, 0) is 9.47 Å². The highest BCUT2D eigenvalue weighted by molar-refractivity contribution is 5.80. The zero-order valence-electron chi connectivity index (χ0n) is 15.1. The number of anilines is 1. The van der Waals surface area contributed by atoms with Gasteiger partial charge in [-0.2, -0.15) is 0 Å². The minimum Gasteiger partial charge on any atom is -0.448 e. The molecule has 0 aromatic heterocycles. The lowest BCUT2D eigenvalue weighted by molar-refractivity contribution is -0.0710.